The molecule has 0 saturated heterocycles. The van der Waals surface area contributed by atoms with E-state index >= 15 is 0 Å². The Kier molecular flexibility index (Phi) is 5.58. The molecule has 2 rings (SSSR count). The summed E-state index contributed by atoms with van der Waals surface area (Å²) in [5.41, 5.74) is 3.21. The lowest BCUT2D eigenvalue weighted by atomic mass is 10.2. The van der Waals surface area contributed by atoms with Gasteiger partial charge in [0.25, 0.3) is 0 Å². The number of rotatable bonds is 5. The van der Waals surface area contributed by atoms with Crippen molar-refractivity contribution in [1.82, 2.24) is 10.4 Å². The summed E-state index contributed by atoms with van der Waals surface area (Å²) in [6.07, 6.45) is 3.21. The average molecular weight is 306 g/mol. The molecule has 0 unspecified atom stereocenters. The Balaban J connectivity index is 1.79. The Labute approximate surface area is 126 Å². The van der Waals surface area contributed by atoms with Gasteiger partial charge in [0.15, 0.2) is 0 Å². The van der Waals surface area contributed by atoms with E-state index in [9.17, 15) is 4.79 Å². The second-order valence-corrected chi connectivity index (χ2v) is 5.17. The van der Waals surface area contributed by atoms with Crippen LogP contribution in [0.2, 0.25) is 5.02 Å². The van der Waals surface area contributed by atoms with Gasteiger partial charge in [-0.05, 0) is 18.2 Å². The lowest BCUT2D eigenvalue weighted by molar-refractivity contribution is -0.118. The third-order valence-corrected chi connectivity index (χ3v) is 3.57. The van der Waals surface area contributed by atoms with Crippen LogP contribution in [0.1, 0.15) is 5.56 Å². The molecule has 1 aromatic heterocycles. The fourth-order valence-electron chi connectivity index (χ4n) is 1.36. The van der Waals surface area contributed by atoms with E-state index in [4.69, 9.17) is 11.6 Å². The van der Waals surface area contributed by atoms with Crippen molar-refractivity contribution >= 4 is 35.5 Å². The monoisotopic (exact) mass is 305 g/mol. The zero-order valence-electron chi connectivity index (χ0n) is 10.5. The third kappa shape index (κ3) is 4.68. The van der Waals surface area contributed by atoms with Crippen LogP contribution < -0.4 is 5.43 Å². The van der Waals surface area contributed by atoms with Crippen LogP contribution >= 0.6 is 23.4 Å². The zero-order chi connectivity index (χ0) is 14.2. The molecule has 0 saturated carbocycles. The predicted molar refractivity (Wildman–Crippen MR) is 82.1 cm³/mol. The van der Waals surface area contributed by atoms with Crippen molar-refractivity contribution in [3.05, 3.63) is 59.2 Å². The molecule has 1 heterocycles. The molecule has 20 heavy (non-hydrogen) atoms. The van der Waals surface area contributed by atoms with Crippen LogP contribution in [-0.2, 0) is 4.79 Å². The number of carbonyl (C=O) groups excluding carboxylic acids is 1. The Morgan fingerprint density at radius 1 is 1.30 bits per heavy atom. The van der Waals surface area contributed by atoms with E-state index in [1.807, 2.05) is 36.4 Å². The van der Waals surface area contributed by atoms with Crippen molar-refractivity contribution < 1.29 is 4.79 Å². The summed E-state index contributed by atoms with van der Waals surface area (Å²) in [4.78, 5) is 15.7. The number of hydrogen-bond acceptors (Lipinski definition) is 4. The molecule has 1 amide bonds. The van der Waals surface area contributed by atoms with Gasteiger partial charge < -0.3 is 0 Å². The van der Waals surface area contributed by atoms with Gasteiger partial charge in [-0.15, -0.1) is 0 Å². The third-order valence-electron chi connectivity index (χ3n) is 2.29. The predicted octanol–water partition coefficient (Wildman–Crippen LogP) is 2.98. The number of carbonyl (C=O) groups is 1. The molecule has 0 aliphatic heterocycles. The largest absolute Gasteiger partial charge is 0.272 e. The van der Waals surface area contributed by atoms with Gasteiger partial charge in [-0.1, -0.05) is 47.6 Å². The molecular weight excluding hydrogens is 294 g/mol. The van der Waals surface area contributed by atoms with E-state index in [0.29, 0.717) is 5.02 Å². The minimum Gasteiger partial charge on any atom is -0.272 e. The molecule has 0 bridgehead atoms. The molecule has 1 N–H and O–H groups in total. The lowest BCUT2D eigenvalue weighted by Gasteiger charge is -2.00. The number of halogens is 1. The summed E-state index contributed by atoms with van der Waals surface area (Å²) < 4.78 is 0. The van der Waals surface area contributed by atoms with Crippen LogP contribution in [0.25, 0.3) is 0 Å². The minimum absolute atomic E-state index is 0.191. The molecule has 4 nitrogen and oxygen atoms in total. The normalized spacial score (nSPS) is 10.7. The number of aromatic nitrogens is 1. The molecule has 0 radical (unpaired) electrons. The van der Waals surface area contributed by atoms with E-state index in [2.05, 4.69) is 15.5 Å². The van der Waals surface area contributed by atoms with Gasteiger partial charge in [0.05, 0.1) is 17.0 Å². The summed E-state index contributed by atoms with van der Waals surface area (Å²) >= 11 is 7.32. The second kappa shape index (κ2) is 7.67. The van der Waals surface area contributed by atoms with Gasteiger partial charge in [0.1, 0.15) is 0 Å². The molecule has 0 aliphatic carbocycles. The number of amides is 1. The van der Waals surface area contributed by atoms with Gasteiger partial charge in [-0.2, -0.15) is 5.10 Å². The number of pyridine rings is 1. The number of hydrogen-bond donors (Lipinski definition) is 1. The molecule has 2 aromatic rings. The Bertz CT molecular complexity index is 604. The molecular formula is C14H12ClN3OS. The van der Waals surface area contributed by atoms with E-state index in [1.54, 1.807) is 12.3 Å². The number of nitrogens with one attached hydrogen (secondary N) is 1. The SMILES string of the molecule is O=C(CSc1ccccn1)NN=Cc1ccccc1Cl. The highest BCUT2D eigenvalue weighted by molar-refractivity contribution is 7.99. The van der Waals surface area contributed by atoms with Gasteiger partial charge >= 0.3 is 0 Å². The first-order chi connectivity index (χ1) is 9.75. The number of benzene rings is 1. The Hall–Kier alpha value is -1.85. The first-order valence-electron chi connectivity index (χ1n) is 5.86. The zero-order valence-corrected chi connectivity index (χ0v) is 12.1. The summed E-state index contributed by atoms with van der Waals surface area (Å²) in [7, 11) is 0. The highest BCUT2D eigenvalue weighted by Gasteiger charge is 2.02. The summed E-state index contributed by atoms with van der Waals surface area (Å²) in [5, 5.41) is 5.27. The second-order valence-electron chi connectivity index (χ2n) is 3.77. The van der Waals surface area contributed by atoms with E-state index in [1.165, 1.54) is 18.0 Å². The van der Waals surface area contributed by atoms with Crippen LogP contribution in [0, 0.1) is 0 Å². The van der Waals surface area contributed by atoms with Gasteiger partial charge in [0, 0.05) is 16.8 Å². The Morgan fingerprint density at radius 2 is 2.10 bits per heavy atom. The quantitative estimate of drug-likeness (QED) is 0.525. The van der Waals surface area contributed by atoms with Crippen LogP contribution in [0.15, 0.2) is 58.8 Å². The van der Waals surface area contributed by atoms with Crippen LogP contribution in [0.4, 0.5) is 0 Å². The van der Waals surface area contributed by atoms with Crippen molar-refractivity contribution in [3.8, 4) is 0 Å². The fraction of sp³-hybridized carbons (Fsp3) is 0.0714. The molecule has 0 spiro atoms. The molecule has 0 fully saturated rings. The van der Waals surface area contributed by atoms with E-state index in [0.717, 1.165) is 10.6 Å². The molecule has 1 aromatic carbocycles. The number of thioether (sulfide) groups is 1. The van der Waals surface area contributed by atoms with Crippen LogP contribution in [0.5, 0.6) is 0 Å². The number of nitrogens with zero attached hydrogens (tertiary/aromatic N) is 2. The highest BCUT2D eigenvalue weighted by atomic mass is 35.5. The van der Waals surface area contributed by atoms with Gasteiger partial charge in [-0.25, -0.2) is 10.4 Å². The van der Waals surface area contributed by atoms with Crippen molar-refractivity contribution in [1.29, 1.82) is 0 Å². The van der Waals surface area contributed by atoms with Crippen molar-refractivity contribution in [2.24, 2.45) is 5.10 Å². The van der Waals surface area contributed by atoms with Gasteiger partial charge in [-0.3, -0.25) is 4.79 Å². The summed E-state index contributed by atoms with van der Waals surface area (Å²) in [6.45, 7) is 0. The highest BCUT2D eigenvalue weighted by Crippen LogP contribution is 2.13. The summed E-state index contributed by atoms with van der Waals surface area (Å²) in [5.74, 6) is 0.0700. The fourth-order valence-corrected chi connectivity index (χ4v) is 2.20. The molecule has 102 valence electrons. The molecule has 6 heteroatoms. The van der Waals surface area contributed by atoms with Crippen molar-refractivity contribution in [3.63, 3.8) is 0 Å². The maximum absolute atomic E-state index is 11.6. The van der Waals surface area contributed by atoms with Gasteiger partial charge in [0.2, 0.25) is 5.91 Å². The topological polar surface area (TPSA) is 54.4 Å². The van der Waals surface area contributed by atoms with Crippen LogP contribution in [0.3, 0.4) is 0 Å². The van der Waals surface area contributed by atoms with Crippen LogP contribution in [-0.4, -0.2) is 22.9 Å². The number of hydrazone groups is 1. The first kappa shape index (κ1) is 14.6. The lowest BCUT2D eigenvalue weighted by Crippen LogP contribution is -2.19. The molecule has 0 aliphatic rings. The smallest absolute Gasteiger partial charge is 0.250 e. The van der Waals surface area contributed by atoms with Crippen molar-refractivity contribution in [2.75, 3.05) is 5.75 Å². The Morgan fingerprint density at radius 3 is 2.85 bits per heavy atom. The summed E-state index contributed by atoms with van der Waals surface area (Å²) in [6, 6.07) is 12.8. The standard InChI is InChI=1S/C14H12ClN3OS/c15-12-6-2-1-5-11(12)9-17-18-13(19)10-20-14-7-3-4-8-16-14/h1-9H,10H2,(H,18,19). The molecule has 0 atom stereocenters. The van der Waals surface area contributed by atoms with E-state index < -0.39 is 0 Å². The average Bonchev–Trinajstić information content (AvgIpc) is 2.48. The maximum atomic E-state index is 11.6. The van der Waals surface area contributed by atoms with E-state index in [-0.39, 0.29) is 11.7 Å². The minimum atomic E-state index is -0.191. The first-order valence-corrected chi connectivity index (χ1v) is 7.22. The van der Waals surface area contributed by atoms with Crippen molar-refractivity contribution in [2.45, 2.75) is 5.03 Å². The maximum Gasteiger partial charge on any atom is 0.250 e.